The third-order valence-electron chi connectivity index (χ3n) is 3.33. The molecule has 0 aromatic heterocycles. The lowest BCUT2D eigenvalue weighted by Crippen LogP contribution is -2.32. The summed E-state index contributed by atoms with van der Waals surface area (Å²) in [6.07, 6.45) is 5.84. The van der Waals surface area contributed by atoms with Gasteiger partial charge in [0.15, 0.2) is 0 Å². The van der Waals surface area contributed by atoms with Crippen LogP contribution < -0.4 is 0 Å². The van der Waals surface area contributed by atoms with Crippen molar-refractivity contribution in [2.24, 2.45) is 11.3 Å². The van der Waals surface area contributed by atoms with Gasteiger partial charge in [0.2, 0.25) is 0 Å². The molecule has 0 aromatic rings. The van der Waals surface area contributed by atoms with Crippen molar-refractivity contribution >= 4 is 0 Å². The van der Waals surface area contributed by atoms with Gasteiger partial charge in [-0.05, 0) is 18.8 Å². The van der Waals surface area contributed by atoms with E-state index in [4.69, 9.17) is 4.74 Å². The van der Waals surface area contributed by atoms with Crippen molar-refractivity contribution in [1.29, 1.82) is 5.26 Å². The SMILES string of the molecule is COCC(C)C1(C#N)CCCCC1. The van der Waals surface area contributed by atoms with Crippen LogP contribution in [0.5, 0.6) is 0 Å². The molecule has 0 aliphatic heterocycles. The van der Waals surface area contributed by atoms with Gasteiger partial charge in [-0.1, -0.05) is 26.2 Å². The Hall–Kier alpha value is -0.550. The van der Waals surface area contributed by atoms with Crippen LogP contribution in [0.2, 0.25) is 0 Å². The quantitative estimate of drug-likeness (QED) is 0.670. The van der Waals surface area contributed by atoms with E-state index in [2.05, 4.69) is 13.0 Å². The number of hydrogen-bond acceptors (Lipinski definition) is 2. The summed E-state index contributed by atoms with van der Waals surface area (Å²) in [5, 5.41) is 9.23. The van der Waals surface area contributed by atoms with Crippen molar-refractivity contribution in [1.82, 2.24) is 0 Å². The van der Waals surface area contributed by atoms with E-state index in [1.165, 1.54) is 19.3 Å². The maximum absolute atomic E-state index is 9.23. The standard InChI is InChI=1S/C11H19NO/c1-10(8-13-2)11(9-12)6-4-3-5-7-11/h10H,3-8H2,1-2H3. The second-order valence-corrected chi connectivity index (χ2v) is 4.18. The molecule has 1 saturated carbocycles. The Morgan fingerprint density at radius 2 is 2.00 bits per heavy atom. The van der Waals surface area contributed by atoms with Gasteiger partial charge in [0.05, 0.1) is 18.1 Å². The second-order valence-electron chi connectivity index (χ2n) is 4.18. The molecule has 0 N–H and O–H groups in total. The molecule has 1 aliphatic carbocycles. The number of nitrogens with zero attached hydrogens (tertiary/aromatic N) is 1. The van der Waals surface area contributed by atoms with Gasteiger partial charge >= 0.3 is 0 Å². The van der Waals surface area contributed by atoms with Crippen LogP contribution in [0, 0.1) is 22.7 Å². The van der Waals surface area contributed by atoms with Crippen molar-refractivity contribution in [2.75, 3.05) is 13.7 Å². The minimum absolute atomic E-state index is 0.0890. The van der Waals surface area contributed by atoms with Crippen LogP contribution in [0.4, 0.5) is 0 Å². The van der Waals surface area contributed by atoms with Gasteiger partial charge < -0.3 is 4.74 Å². The topological polar surface area (TPSA) is 33.0 Å². The molecule has 13 heavy (non-hydrogen) atoms. The van der Waals surface area contributed by atoms with Crippen molar-refractivity contribution < 1.29 is 4.74 Å². The number of ether oxygens (including phenoxy) is 1. The van der Waals surface area contributed by atoms with Crippen LogP contribution in [-0.4, -0.2) is 13.7 Å². The lowest BCUT2D eigenvalue weighted by Gasteiger charge is -2.35. The van der Waals surface area contributed by atoms with Gasteiger partial charge in [0, 0.05) is 7.11 Å². The van der Waals surface area contributed by atoms with Crippen molar-refractivity contribution in [3.8, 4) is 6.07 Å². The highest BCUT2D eigenvalue weighted by Crippen LogP contribution is 2.41. The molecule has 0 bridgehead atoms. The van der Waals surface area contributed by atoms with E-state index in [0.717, 1.165) is 12.8 Å². The van der Waals surface area contributed by atoms with E-state index in [-0.39, 0.29) is 5.41 Å². The Morgan fingerprint density at radius 3 is 2.46 bits per heavy atom. The van der Waals surface area contributed by atoms with E-state index in [1.54, 1.807) is 7.11 Å². The third-order valence-corrected chi connectivity index (χ3v) is 3.33. The van der Waals surface area contributed by atoms with Crippen molar-refractivity contribution in [3.63, 3.8) is 0 Å². The molecule has 0 spiro atoms. The average molecular weight is 181 g/mol. The lowest BCUT2D eigenvalue weighted by atomic mass is 9.68. The largest absolute Gasteiger partial charge is 0.384 e. The maximum Gasteiger partial charge on any atom is 0.0693 e. The van der Waals surface area contributed by atoms with E-state index >= 15 is 0 Å². The van der Waals surface area contributed by atoms with Gasteiger partial charge in [-0.2, -0.15) is 5.26 Å². The van der Waals surface area contributed by atoms with Crippen LogP contribution >= 0.6 is 0 Å². The van der Waals surface area contributed by atoms with Gasteiger partial charge in [0.1, 0.15) is 0 Å². The highest BCUT2D eigenvalue weighted by Gasteiger charge is 2.37. The minimum atomic E-state index is -0.0890. The third kappa shape index (κ3) is 2.22. The summed E-state index contributed by atoms with van der Waals surface area (Å²) in [6, 6.07) is 2.52. The predicted octanol–water partition coefficient (Wildman–Crippen LogP) is 2.74. The zero-order valence-corrected chi connectivity index (χ0v) is 8.68. The molecule has 2 nitrogen and oxygen atoms in total. The molecule has 2 heteroatoms. The summed E-state index contributed by atoms with van der Waals surface area (Å²) >= 11 is 0. The molecule has 74 valence electrons. The van der Waals surface area contributed by atoms with Gasteiger partial charge in [0.25, 0.3) is 0 Å². The van der Waals surface area contributed by atoms with E-state index < -0.39 is 0 Å². The van der Waals surface area contributed by atoms with Gasteiger partial charge in [-0.25, -0.2) is 0 Å². The number of methoxy groups -OCH3 is 1. The first kappa shape index (κ1) is 10.5. The Morgan fingerprint density at radius 1 is 1.38 bits per heavy atom. The van der Waals surface area contributed by atoms with Crippen LogP contribution in [0.1, 0.15) is 39.0 Å². The van der Waals surface area contributed by atoms with Crippen molar-refractivity contribution in [2.45, 2.75) is 39.0 Å². The molecule has 1 aliphatic rings. The van der Waals surface area contributed by atoms with E-state index in [0.29, 0.717) is 12.5 Å². The summed E-state index contributed by atoms with van der Waals surface area (Å²) in [4.78, 5) is 0. The minimum Gasteiger partial charge on any atom is -0.384 e. The summed E-state index contributed by atoms with van der Waals surface area (Å²) in [5.41, 5.74) is -0.0890. The Kier molecular flexibility index (Phi) is 3.74. The molecular weight excluding hydrogens is 162 g/mol. The molecule has 0 saturated heterocycles. The fourth-order valence-electron chi connectivity index (χ4n) is 2.31. The van der Waals surface area contributed by atoms with E-state index in [1.807, 2.05) is 0 Å². The molecule has 0 radical (unpaired) electrons. The van der Waals surface area contributed by atoms with Crippen LogP contribution in [0.15, 0.2) is 0 Å². The fourth-order valence-corrected chi connectivity index (χ4v) is 2.31. The van der Waals surface area contributed by atoms with Gasteiger partial charge in [-0.3, -0.25) is 0 Å². The molecule has 1 rings (SSSR count). The molecule has 1 fully saturated rings. The lowest BCUT2D eigenvalue weighted by molar-refractivity contribution is 0.0784. The molecule has 1 atom stereocenters. The monoisotopic (exact) mass is 181 g/mol. The second kappa shape index (κ2) is 4.62. The highest BCUT2D eigenvalue weighted by atomic mass is 16.5. The Labute approximate surface area is 80.9 Å². The smallest absolute Gasteiger partial charge is 0.0693 e. The summed E-state index contributed by atoms with van der Waals surface area (Å²) in [6.45, 7) is 2.85. The highest BCUT2D eigenvalue weighted by molar-refractivity contribution is 5.03. The maximum atomic E-state index is 9.23. The molecular formula is C11H19NO. The zero-order chi connectivity index (χ0) is 9.73. The van der Waals surface area contributed by atoms with Crippen molar-refractivity contribution in [3.05, 3.63) is 0 Å². The summed E-state index contributed by atoms with van der Waals surface area (Å²) in [5.74, 6) is 0.378. The molecule has 0 heterocycles. The fraction of sp³-hybridized carbons (Fsp3) is 0.909. The van der Waals surface area contributed by atoms with E-state index in [9.17, 15) is 5.26 Å². The summed E-state index contributed by atoms with van der Waals surface area (Å²) in [7, 11) is 1.71. The Bertz CT molecular complexity index is 189. The molecule has 0 aromatic carbocycles. The summed E-state index contributed by atoms with van der Waals surface area (Å²) < 4.78 is 5.13. The van der Waals surface area contributed by atoms with Crippen LogP contribution in [0.25, 0.3) is 0 Å². The van der Waals surface area contributed by atoms with Crippen LogP contribution in [0.3, 0.4) is 0 Å². The molecule has 1 unspecified atom stereocenters. The Balaban J connectivity index is 2.62. The average Bonchev–Trinajstić information content (AvgIpc) is 2.19. The predicted molar refractivity (Wildman–Crippen MR) is 52.2 cm³/mol. The normalized spacial score (nSPS) is 23.5. The first-order valence-corrected chi connectivity index (χ1v) is 5.15. The first-order valence-electron chi connectivity index (χ1n) is 5.15. The number of rotatable bonds is 3. The number of nitriles is 1. The number of hydrogen-bond donors (Lipinski definition) is 0. The first-order chi connectivity index (χ1) is 6.25. The zero-order valence-electron chi connectivity index (χ0n) is 8.68. The van der Waals surface area contributed by atoms with Gasteiger partial charge in [-0.15, -0.1) is 0 Å². The van der Waals surface area contributed by atoms with Crippen LogP contribution in [-0.2, 0) is 4.74 Å². The molecule has 0 amide bonds.